The van der Waals surface area contributed by atoms with Gasteiger partial charge in [-0.15, -0.1) is 0 Å². The zero-order chi connectivity index (χ0) is 14.4. The fourth-order valence-corrected chi connectivity index (χ4v) is 3.20. The van der Waals surface area contributed by atoms with Gasteiger partial charge in [-0.3, -0.25) is 10.1 Å². The summed E-state index contributed by atoms with van der Waals surface area (Å²) in [5, 5.41) is 11.0. The lowest BCUT2D eigenvalue weighted by Crippen LogP contribution is -2.30. The highest BCUT2D eigenvalue weighted by molar-refractivity contribution is 7.80. The van der Waals surface area contributed by atoms with E-state index in [1.807, 2.05) is 0 Å². The second-order valence-electron chi connectivity index (χ2n) is 5.59. The van der Waals surface area contributed by atoms with Crippen LogP contribution in [0, 0.1) is 15.5 Å². The van der Waals surface area contributed by atoms with Crippen molar-refractivity contribution < 1.29 is 9.66 Å². The van der Waals surface area contributed by atoms with Gasteiger partial charge in [0, 0.05) is 11.5 Å². The number of nitro benzene ring substituents is 1. The van der Waals surface area contributed by atoms with Gasteiger partial charge in [0.05, 0.1) is 11.5 Å². The van der Waals surface area contributed by atoms with E-state index in [1.165, 1.54) is 31.7 Å². The molecule has 1 aliphatic carbocycles. The first kappa shape index (κ1) is 15.2. The molecule has 4 nitrogen and oxygen atoms in total. The molecule has 0 unspecified atom stereocenters. The Morgan fingerprint density at radius 3 is 2.45 bits per heavy atom. The van der Waals surface area contributed by atoms with Gasteiger partial charge in [-0.25, -0.2) is 0 Å². The van der Waals surface area contributed by atoms with Crippen LogP contribution < -0.4 is 4.74 Å². The zero-order valence-electron chi connectivity index (χ0n) is 11.6. The quantitative estimate of drug-likeness (QED) is 0.382. The van der Waals surface area contributed by atoms with E-state index in [0.29, 0.717) is 12.4 Å². The minimum atomic E-state index is -0.393. The summed E-state index contributed by atoms with van der Waals surface area (Å²) < 4.78 is 5.80. The van der Waals surface area contributed by atoms with Crippen LogP contribution in [-0.4, -0.2) is 17.3 Å². The smallest absolute Gasteiger partial charge is 0.310 e. The maximum Gasteiger partial charge on any atom is 0.310 e. The minimum absolute atomic E-state index is 0.0374. The summed E-state index contributed by atoms with van der Waals surface area (Å²) >= 11 is 4.50. The number of hydrogen-bond donors (Lipinski definition) is 1. The average molecular weight is 295 g/mol. The third-order valence-corrected chi connectivity index (χ3v) is 4.77. The Balaban J connectivity index is 2.08. The number of nitro groups is 1. The molecule has 1 saturated carbocycles. The van der Waals surface area contributed by atoms with Crippen molar-refractivity contribution in [2.75, 3.05) is 12.4 Å². The van der Waals surface area contributed by atoms with Gasteiger partial charge >= 0.3 is 5.69 Å². The molecule has 110 valence electrons. The third-order valence-electron chi connectivity index (χ3n) is 4.10. The van der Waals surface area contributed by atoms with E-state index in [-0.39, 0.29) is 11.1 Å². The number of rotatable bonds is 5. The highest BCUT2D eigenvalue weighted by Crippen LogP contribution is 2.37. The van der Waals surface area contributed by atoms with Crippen LogP contribution in [0.4, 0.5) is 5.69 Å². The van der Waals surface area contributed by atoms with Crippen LogP contribution >= 0.6 is 12.6 Å². The van der Waals surface area contributed by atoms with Gasteiger partial charge in [0.1, 0.15) is 0 Å². The van der Waals surface area contributed by atoms with E-state index in [0.717, 1.165) is 18.6 Å². The Labute approximate surface area is 125 Å². The Morgan fingerprint density at radius 2 is 1.85 bits per heavy atom. The molecule has 0 heterocycles. The predicted octanol–water partition coefficient (Wildman–Crippen LogP) is 4.24. The summed E-state index contributed by atoms with van der Waals surface area (Å²) in [7, 11) is 0. The summed E-state index contributed by atoms with van der Waals surface area (Å²) in [6.07, 6.45) is 7.11. The molecule has 0 aromatic heterocycles. The van der Waals surface area contributed by atoms with Crippen LogP contribution in [0.25, 0.3) is 0 Å². The Kier molecular flexibility index (Phi) is 5.29. The molecule has 1 aromatic rings. The van der Waals surface area contributed by atoms with Gasteiger partial charge in [0.15, 0.2) is 5.75 Å². The van der Waals surface area contributed by atoms with Crippen LogP contribution in [0.3, 0.4) is 0 Å². The van der Waals surface area contributed by atoms with E-state index in [9.17, 15) is 10.1 Å². The summed E-state index contributed by atoms with van der Waals surface area (Å²) in [4.78, 5) is 10.6. The fourth-order valence-electron chi connectivity index (χ4n) is 2.79. The lowest BCUT2D eigenvalue weighted by Gasteiger charge is -2.30. The molecule has 0 bridgehead atoms. The maximum absolute atomic E-state index is 11.0. The third kappa shape index (κ3) is 3.66. The molecule has 0 saturated heterocycles. The summed E-state index contributed by atoms with van der Waals surface area (Å²) in [5.74, 6) is 1.14. The Morgan fingerprint density at radius 1 is 1.20 bits per heavy atom. The minimum Gasteiger partial charge on any atom is -0.486 e. The first-order chi connectivity index (χ1) is 9.67. The van der Waals surface area contributed by atoms with Crippen LogP contribution in [0.5, 0.6) is 5.75 Å². The number of benzene rings is 1. The number of para-hydroxylation sites is 2. The van der Waals surface area contributed by atoms with Crippen molar-refractivity contribution in [1.82, 2.24) is 0 Å². The van der Waals surface area contributed by atoms with Gasteiger partial charge < -0.3 is 4.74 Å². The molecule has 0 atom stereocenters. The van der Waals surface area contributed by atoms with Gasteiger partial charge in [-0.2, -0.15) is 12.6 Å². The van der Waals surface area contributed by atoms with Gasteiger partial charge in [0.2, 0.25) is 0 Å². The fraction of sp³-hybridized carbons (Fsp3) is 0.600. The van der Waals surface area contributed by atoms with Crippen molar-refractivity contribution >= 4 is 18.3 Å². The molecule has 20 heavy (non-hydrogen) atoms. The normalized spacial score (nSPS) is 18.2. The highest BCUT2D eigenvalue weighted by Gasteiger charge is 2.31. The molecule has 0 spiro atoms. The molecule has 2 rings (SSSR count). The molecule has 1 aromatic carbocycles. The van der Waals surface area contributed by atoms with Gasteiger partial charge in [-0.1, -0.05) is 37.8 Å². The molecule has 0 aliphatic heterocycles. The van der Waals surface area contributed by atoms with Crippen molar-refractivity contribution in [3.63, 3.8) is 0 Å². The summed E-state index contributed by atoms with van der Waals surface area (Å²) in [5.41, 5.74) is 0.0963. The van der Waals surface area contributed by atoms with E-state index in [2.05, 4.69) is 12.6 Å². The van der Waals surface area contributed by atoms with Crippen LogP contribution in [-0.2, 0) is 0 Å². The van der Waals surface area contributed by atoms with Crippen molar-refractivity contribution in [3.8, 4) is 5.75 Å². The van der Waals surface area contributed by atoms with Crippen LogP contribution in [0.1, 0.15) is 38.5 Å². The predicted molar refractivity (Wildman–Crippen MR) is 82.6 cm³/mol. The Bertz CT molecular complexity index is 456. The second kappa shape index (κ2) is 6.97. The van der Waals surface area contributed by atoms with Crippen molar-refractivity contribution in [2.45, 2.75) is 38.5 Å². The summed E-state index contributed by atoms with van der Waals surface area (Å²) in [6, 6.07) is 6.57. The van der Waals surface area contributed by atoms with E-state index < -0.39 is 4.92 Å². The maximum atomic E-state index is 11.0. The summed E-state index contributed by atoms with van der Waals surface area (Å²) in [6.45, 7) is 0.515. The molecular formula is C15H21NO3S. The molecular weight excluding hydrogens is 274 g/mol. The van der Waals surface area contributed by atoms with E-state index in [1.54, 1.807) is 18.2 Å². The average Bonchev–Trinajstić information content (AvgIpc) is 2.71. The van der Waals surface area contributed by atoms with E-state index >= 15 is 0 Å². The molecule has 0 amide bonds. The van der Waals surface area contributed by atoms with Crippen molar-refractivity contribution in [3.05, 3.63) is 34.4 Å². The molecule has 5 heteroatoms. The number of nitrogens with zero attached hydrogens (tertiary/aromatic N) is 1. The monoisotopic (exact) mass is 295 g/mol. The highest BCUT2D eigenvalue weighted by atomic mass is 32.1. The van der Waals surface area contributed by atoms with Crippen molar-refractivity contribution in [1.29, 1.82) is 0 Å². The first-order valence-corrected chi connectivity index (χ1v) is 7.77. The van der Waals surface area contributed by atoms with Crippen molar-refractivity contribution in [2.24, 2.45) is 5.41 Å². The molecule has 0 N–H and O–H groups in total. The molecule has 1 aliphatic rings. The van der Waals surface area contributed by atoms with E-state index in [4.69, 9.17) is 4.74 Å². The standard InChI is InChI=1S/C15H21NO3S/c17-16(18)13-7-3-4-8-14(13)19-11-15(12-20)9-5-1-2-6-10-15/h3-4,7-8,20H,1-2,5-6,9-12H2. The van der Waals surface area contributed by atoms with Gasteiger partial charge in [-0.05, 0) is 24.7 Å². The lowest BCUT2D eigenvalue weighted by atomic mass is 9.83. The van der Waals surface area contributed by atoms with Crippen LogP contribution in [0.15, 0.2) is 24.3 Å². The molecule has 1 fully saturated rings. The Hall–Kier alpha value is -1.23. The SMILES string of the molecule is O=[N+]([O-])c1ccccc1OCC1(CS)CCCCCC1. The number of hydrogen-bond acceptors (Lipinski definition) is 4. The van der Waals surface area contributed by atoms with Gasteiger partial charge in [0.25, 0.3) is 0 Å². The number of ether oxygens (including phenoxy) is 1. The van der Waals surface area contributed by atoms with Crippen LogP contribution in [0.2, 0.25) is 0 Å². The first-order valence-electron chi connectivity index (χ1n) is 7.14. The lowest BCUT2D eigenvalue weighted by molar-refractivity contribution is -0.386. The second-order valence-corrected chi connectivity index (χ2v) is 5.90. The molecule has 0 radical (unpaired) electrons. The number of thiol groups is 1. The topological polar surface area (TPSA) is 52.4 Å². The zero-order valence-corrected chi connectivity index (χ0v) is 12.5. The largest absolute Gasteiger partial charge is 0.486 e.